The summed E-state index contributed by atoms with van der Waals surface area (Å²) in [5.41, 5.74) is 0.234. The molecule has 0 aliphatic rings. The second-order valence-corrected chi connectivity index (χ2v) is 4.59. The molecular formula is C13H23O2-. The molecule has 0 aromatic rings. The molecule has 0 aromatic heterocycles. The van der Waals surface area contributed by atoms with Gasteiger partial charge in [-0.1, -0.05) is 52.5 Å². The van der Waals surface area contributed by atoms with Gasteiger partial charge in [-0.15, -0.1) is 0 Å². The van der Waals surface area contributed by atoms with Gasteiger partial charge in [-0.3, -0.25) is 0 Å². The first-order valence-electron chi connectivity index (χ1n) is 5.93. The lowest BCUT2D eigenvalue weighted by molar-refractivity contribution is -0.299. The normalized spacial score (nSPS) is 10.6. The molecule has 0 radical (unpaired) electrons. The van der Waals surface area contributed by atoms with E-state index in [4.69, 9.17) is 0 Å². The van der Waals surface area contributed by atoms with E-state index >= 15 is 0 Å². The van der Waals surface area contributed by atoms with Crippen molar-refractivity contribution in [2.75, 3.05) is 0 Å². The molecule has 0 saturated heterocycles. The zero-order valence-corrected chi connectivity index (χ0v) is 10.1. The zero-order valence-electron chi connectivity index (χ0n) is 10.1. The molecule has 2 nitrogen and oxygen atoms in total. The number of hydrogen-bond acceptors (Lipinski definition) is 2. The largest absolute Gasteiger partial charge is 0.545 e. The SMILES string of the molecule is C=C(CCCCCCCC(C)C)C(=O)[O-]. The van der Waals surface area contributed by atoms with Gasteiger partial charge in [-0.05, 0) is 24.3 Å². The maximum absolute atomic E-state index is 10.3. The van der Waals surface area contributed by atoms with Gasteiger partial charge in [0.1, 0.15) is 0 Å². The van der Waals surface area contributed by atoms with Gasteiger partial charge in [-0.2, -0.15) is 0 Å². The quantitative estimate of drug-likeness (QED) is 0.434. The summed E-state index contributed by atoms with van der Waals surface area (Å²) >= 11 is 0. The highest BCUT2D eigenvalue weighted by Gasteiger charge is 1.97. The van der Waals surface area contributed by atoms with Crippen molar-refractivity contribution in [1.82, 2.24) is 0 Å². The summed E-state index contributed by atoms with van der Waals surface area (Å²) < 4.78 is 0. The second kappa shape index (κ2) is 8.51. The van der Waals surface area contributed by atoms with Crippen LogP contribution in [0.5, 0.6) is 0 Å². The van der Waals surface area contributed by atoms with Gasteiger partial charge >= 0.3 is 0 Å². The highest BCUT2D eigenvalue weighted by molar-refractivity contribution is 5.83. The van der Waals surface area contributed by atoms with Crippen molar-refractivity contribution >= 4 is 5.97 Å². The molecule has 0 aliphatic heterocycles. The maximum atomic E-state index is 10.3. The van der Waals surface area contributed by atoms with E-state index in [0.29, 0.717) is 6.42 Å². The van der Waals surface area contributed by atoms with E-state index in [1.54, 1.807) is 0 Å². The zero-order chi connectivity index (χ0) is 11.7. The fourth-order valence-electron chi connectivity index (χ4n) is 1.52. The van der Waals surface area contributed by atoms with Crippen LogP contribution in [0.3, 0.4) is 0 Å². The fraction of sp³-hybridized carbons (Fsp3) is 0.769. The van der Waals surface area contributed by atoms with Crippen LogP contribution in [0.15, 0.2) is 12.2 Å². The number of rotatable bonds is 9. The third kappa shape index (κ3) is 9.51. The van der Waals surface area contributed by atoms with Crippen molar-refractivity contribution in [1.29, 1.82) is 0 Å². The van der Waals surface area contributed by atoms with Crippen LogP contribution in [0.25, 0.3) is 0 Å². The van der Waals surface area contributed by atoms with Crippen molar-refractivity contribution in [3.63, 3.8) is 0 Å². The Morgan fingerprint density at radius 1 is 1.13 bits per heavy atom. The molecule has 15 heavy (non-hydrogen) atoms. The van der Waals surface area contributed by atoms with Crippen LogP contribution in [0, 0.1) is 5.92 Å². The van der Waals surface area contributed by atoms with Gasteiger partial charge in [0.25, 0.3) is 0 Å². The van der Waals surface area contributed by atoms with Gasteiger partial charge in [0.15, 0.2) is 0 Å². The van der Waals surface area contributed by atoms with E-state index in [9.17, 15) is 9.90 Å². The molecule has 0 N–H and O–H groups in total. The Labute approximate surface area is 93.4 Å². The lowest BCUT2D eigenvalue weighted by Crippen LogP contribution is -2.23. The van der Waals surface area contributed by atoms with Gasteiger partial charge in [0.05, 0.1) is 5.97 Å². The van der Waals surface area contributed by atoms with Crippen LogP contribution >= 0.6 is 0 Å². The predicted molar refractivity (Wildman–Crippen MR) is 61.3 cm³/mol. The average molecular weight is 211 g/mol. The predicted octanol–water partition coefficient (Wildman–Crippen LogP) is 2.68. The van der Waals surface area contributed by atoms with E-state index in [2.05, 4.69) is 20.4 Å². The summed E-state index contributed by atoms with van der Waals surface area (Å²) in [4.78, 5) is 10.3. The van der Waals surface area contributed by atoms with Gasteiger partial charge in [0, 0.05) is 0 Å². The summed E-state index contributed by atoms with van der Waals surface area (Å²) in [5.74, 6) is -0.308. The van der Waals surface area contributed by atoms with Crippen molar-refractivity contribution in [2.45, 2.75) is 58.8 Å². The number of carboxylic acid groups (broad SMARTS) is 1. The van der Waals surface area contributed by atoms with Crippen molar-refractivity contribution in [2.24, 2.45) is 5.92 Å². The average Bonchev–Trinajstić information content (AvgIpc) is 2.15. The molecule has 0 unspecified atom stereocenters. The van der Waals surface area contributed by atoms with E-state index in [1.165, 1.54) is 25.7 Å². The highest BCUT2D eigenvalue weighted by Crippen LogP contribution is 2.12. The first kappa shape index (κ1) is 14.2. The molecule has 0 fully saturated rings. The van der Waals surface area contributed by atoms with Crippen molar-refractivity contribution in [3.8, 4) is 0 Å². The summed E-state index contributed by atoms with van der Waals surface area (Å²) in [6, 6.07) is 0. The third-order valence-electron chi connectivity index (χ3n) is 2.55. The molecule has 0 rings (SSSR count). The second-order valence-electron chi connectivity index (χ2n) is 4.59. The monoisotopic (exact) mass is 211 g/mol. The molecule has 0 amide bonds. The molecule has 0 aromatic carbocycles. The molecule has 2 heteroatoms. The summed E-state index contributed by atoms with van der Waals surface area (Å²) in [7, 11) is 0. The van der Waals surface area contributed by atoms with Crippen molar-refractivity contribution in [3.05, 3.63) is 12.2 Å². The Kier molecular flexibility index (Phi) is 8.06. The van der Waals surface area contributed by atoms with E-state index in [-0.39, 0.29) is 5.57 Å². The van der Waals surface area contributed by atoms with Gasteiger partial charge in [-0.25, -0.2) is 0 Å². The van der Waals surface area contributed by atoms with Gasteiger partial charge in [0.2, 0.25) is 0 Å². The van der Waals surface area contributed by atoms with Crippen LogP contribution < -0.4 is 5.11 Å². The number of unbranched alkanes of at least 4 members (excludes halogenated alkanes) is 4. The maximum Gasteiger partial charge on any atom is 0.0668 e. The summed E-state index contributed by atoms with van der Waals surface area (Å²) in [6.07, 6.45) is 7.65. The Hall–Kier alpha value is -0.790. The highest BCUT2D eigenvalue weighted by atomic mass is 16.4. The Morgan fingerprint density at radius 2 is 1.67 bits per heavy atom. The lowest BCUT2D eigenvalue weighted by atomic mass is 10.0. The Balaban J connectivity index is 3.18. The minimum atomic E-state index is -1.10. The fourth-order valence-corrected chi connectivity index (χ4v) is 1.52. The van der Waals surface area contributed by atoms with Crippen molar-refractivity contribution < 1.29 is 9.90 Å². The molecule has 0 bridgehead atoms. The van der Waals surface area contributed by atoms with E-state index in [0.717, 1.165) is 18.8 Å². The smallest absolute Gasteiger partial charge is 0.0668 e. The van der Waals surface area contributed by atoms with Crippen LogP contribution in [0.2, 0.25) is 0 Å². The lowest BCUT2D eigenvalue weighted by Gasteiger charge is -2.06. The van der Waals surface area contributed by atoms with Crippen LogP contribution in [0.1, 0.15) is 58.8 Å². The third-order valence-corrected chi connectivity index (χ3v) is 2.55. The molecule has 88 valence electrons. The number of carbonyl (C=O) groups is 1. The number of aliphatic carboxylic acids is 1. The van der Waals surface area contributed by atoms with Crippen LogP contribution in [0.4, 0.5) is 0 Å². The van der Waals surface area contributed by atoms with Crippen LogP contribution in [-0.2, 0) is 4.79 Å². The summed E-state index contributed by atoms with van der Waals surface area (Å²) in [6.45, 7) is 7.93. The minimum Gasteiger partial charge on any atom is -0.545 e. The molecule has 0 spiro atoms. The molecule has 0 heterocycles. The Bertz CT molecular complexity index is 195. The van der Waals surface area contributed by atoms with Gasteiger partial charge < -0.3 is 9.90 Å². The van der Waals surface area contributed by atoms with E-state index in [1.807, 2.05) is 0 Å². The molecular weight excluding hydrogens is 188 g/mol. The molecule has 0 saturated carbocycles. The molecule has 0 aliphatic carbocycles. The minimum absolute atomic E-state index is 0.234. The first-order chi connectivity index (χ1) is 7.04. The number of carbonyl (C=O) groups excluding carboxylic acids is 1. The number of hydrogen-bond donors (Lipinski definition) is 0. The number of carboxylic acids is 1. The summed E-state index contributed by atoms with van der Waals surface area (Å²) in [5, 5.41) is 10.3. The topological polar surface area (TPSA) is 40.1 Å². The van der Waals surface area contributed by atoms with Crippen LogP contribution in [-0.4, -0.2) is 5.97 Å². The first-order valence-corrected chi connectivity index (χ1v) is 5.93. The molecule has 0 atom stereocenters. The Morgan fingerprint density at radius 3 is 2.20 bits per heavy atom. The standard InChI is InChI=1S/C13H24O2/c1-11(2)9-7-5-4-6-8-10-12(3)13(14)15/h11H,3-10H2,1-2H3,(H,14,15)/p-1. The van der Waals surface area contributed by atoms with E-state index < -0.39 is 5.97 Å².